The van der Waals surface area contributed by atoms with E-state index in [1.54, 1.807) is 6.07 Å². The maximum atomic E-state index is 11.7. The lowest BCUT2D eigenvalue weighted by molar-refractivity contribution is 0.0701. The van der Waals surface area contributed by atoms with Crippen molar-refractivity contribution in [1.29, 1.82) is 0 Å². The Kier molecular flexibility index (Phi) is 3.67. The molecule has 1 aliphatic heterocycles. The van der Waals surface area contributed by atoms with Crippen LogP contribution in [0.3, 0.4) is 0 Å². The van der Waals surface area contributed by atoms with Crippen molar-refractivity contribution in [3.05, 3.63) is 30.3 Å². The number of fused-ring (bicyclic) bond motifs is 1. The van der Waals surface area contributed by atoms with Crippen molar-refractivity contribution in [1.82, 2.24) is 4.57 Å². The Morgan fingerprint density at radius 1 is 1.21 bits per heavy atom. The molecule has 3 N–H and O–H groups in total. The molecule has 1 unspecified atom stereocenters. The van der Waals surface area contributed by atoms with E-state index in [0.29, 0.717) is 11.4 Å². The number of ether oxygens (including phenoxy) is 1. The zero-order chi connectivity index (χ0) is 17.7. The van der Waals surface area contributed by atoms with Crippen LogP contribution in [0.4, 0.5) is 5.69 Å². The number of aromatic nitrogens is 1. The molecule has 3 rings (SSSR count). The van der Waals surface area contributed by atoms with Gasteiger partial charge in [-0.1, -0.05) is 0 Å². The minimum absolute atomic E-state index is 0.0548. The molecule has 0 spiro atoms. The van der Waals surface area contributed by atoms with Gasteiger partial charge < -0.3 is 20.3 Å². The first kappa shape index (κ1) is 16.5. The highest BCUT2D eigenvalue weighted by Gasteiger charge is 2.37. The van der Waals surface area contributed by atoms with Gasteiger partial charge in [-0.05, 0) is 32.0 Å². The smallest absolute Gasteiger partial charge is 0.193 e. The van der Waals surface area contributed by atoms with Crippen LogP contribution in [0.1, 0.15) is 13.8 Å². The molecule has 24 heavy (non-hydrogen) atoms. The lowest BCUT2D eigenvalue weighted by atomic mass is 9.95. The van der Waals surface area contributed by atoms with Crippen molar-refractivity contribution in [3.63, 3.8) is 0 Å². The molecule has 0 saturated carbocycles. The number of benzene rings is 1. The van der Waals surface area contributed by atoms with Crippen LogP contribution in [0.25, 0.3) is 0 Å². The number of anilines is 1. The summed E-state index contributed by atoms with van der Waals surface area (Å²) >= 11 is 0. The second kappa shape index (κ2) is 5.34. The molecule has 0 fully saturated rings. The zero-order valence-corrected chi connectivity index (χ0v) is 14.5. The van der Waals surface area contributed by atoms with Crippen LogP contribution in [0, 0.1) is 0 Å². The van der Waals surface area contributed by atoms with Gasteiger partial charge in [0.05, 0.1) is 23.2 Å². The van der Waals surface area contributed by atoms with E-state index >= 15 is 0 Å². The fourth-order valence-corrected chi connectivity index (χ4v) is 3.39. The molecular weight excluding hydrogens is 332 g/mol. The summed E-state index contributed by atoms with van der Waals surface area (Å²) in [6.45, 7) is 4.02. The van der Waals surface area contributed by atoms with Crippen molar-refractivity contribution < 1.29 is 23.4 Å². The zero-order valence-electron chi connectivity index (χ0n) is 13.6. The molecule has 130 valence electrons. The molecule has 0 radical (unpaired) electrons. The van der Waals surface area contributed by atoms with Gasteiger partial charge >= 0.3 is 0 Å². The number of aromatic hydroxyl groups is 2. The first-order valence-corrected chi connectivity index (χ1v) is 9.34. The van der Waals surface area contributed by atoms with E-state index < -0.39 is 15.4 Å². The first-order valence-electron chi connectivity index (χ1n) is 7.45. The monoisotopic (exact) mass is 352 g/mol. The highest BCUT2D eigenvalue weighted by molar-refractivity contribution is 7.90. The largest absolute Gasteiger partial charge is 0.494 e. The lowest BCUT2D eigenvalue weighted by Gasteiger charge is -2.41. The van der Waals surface area contributed by atoms with Crippen molar-refractivity contribution in [3.8, 4) is 17.5 Å². The van der Waals surface area contributed by atoms with E-state index in [1.165, 1.54) is 28.8 Å². The Morgan fingerprint density at radius 2 is 1.83 bits per heavy atom. The normalized spacial score (nSPS) is 19.2. The molecule has 1 aromatic carbocycles. The molecule has 2 heterocycles. The molecule has 8 heteroatoms. The summed E-state index contributed by atoms with van der Waals surface area (Å²) in [5.41, 5.74) is -0.0728. The highest BCUT2D eigenvalue weighted by Crippen LogP contribution is 2.38. The number of nitrogens with one attached hydrogen (secondary N) is 1. The van der Waals surface area contributed by atoms with Crippen LogP contribution >= 0.6 is 0 Å². The first-order chi connectivity index (χ1) is 11.1. The van der Waals surface area contributed by atoms with E-state index in [2.05, 4.69) is 5.32 Å². The quantitative estimate of drug-likeness (QED) is 0.781. The van der Waals surface area contributed by atoms with Gasteiger partial charge in [0.2, 0.25) is 0 Å². The lowest BCUT2D eigenvalue weighted by Crippen LogP contribution is -2.51. The number of rotatable bonds is 3. The third kappa shape index (κ3) is 2.89. The minimum atomic E-state index is -3.33. The summed E-state index contributed by atoms with van der Waals surface area (Å²) in [5.74, 6) is 0.450. The third-order valence-corrected chi connectivity index (χ3v) is 5.33. The Bertz CT molecular complexity index is 866. The summed E-state index contributed by atoms with van der Waals surface area (Å²) in [7, 11) is -3.33. The average Bonchev–Trinajstić information content (AvgIpc) is 2.77. The molecular formula is C16H20N2O5S. The van der Waals surface area contributed by atoms with Gasteiger partial charge in [-0.3, -0.25) is 4.57 Å². The van der Waals surface area contributed by atoms with Crippen molar-refractivity contribution in [2.45, 2.75) is 36.9 Å². The van der Waals surface area contributed by atoms with E-state index in [1.807, 2.05) is 13.8 Å². The topological polar surface area (TPSA) is 101 Å². The van der Waals surface area contributed by atoms with Crippen LogP contribution in [-0.4, -0.2) is 41.1 Å². The molecule has 1 aromatic heterocycles. The number of sulfone groups is 1. The Labute approximate surface area is 140 Å². The summed E-state index contributed by atoms with van der Waals surface area (Å²) in [4.78, 5) is 0.197. The fraction of sp³-hybridized carbons (Fsp3) is 0.375. The molecule has 0 aliphatic carbocycles. The van der Waals surface area contributed by atoms with Gasteiger partial charge in [0.15, 0.2) is 21.6 Å². The molecule has 2 aromatic rings. The second-order valence-corrected chi connectivity index (χ2v) is 8.51. The van der Waals surface area contributed by atoms with E-state index in [0.717, 1.165) is 6.26 Å². The number of nitrogens with zero attached hydrogens (tertiary/aromatic N) is 1. The molecule has 1 aliphatic rings. The predicted molar refractivity (Wildman–Crippen MR) is 89.4 cm³/mol. The Morgan fingerprint density at radius 3 is 2.42 bits per heavy atom. The SMILES string of the molecule is CC1(C)Oc2ccc(S(C)(=O)=O)cc2NC1Cn1c(O)ccc1O. The van der Waals surface area contributed by atoms with Gasteiger partial charge in [0.1, 0.15) is 11.4 Å². The molecule has 0 amide bonds. The maximum absolute atomic E-state index is 11.7. The molecule has 0 bridgehead atoms. The molecule has 1 atom stereocenters. The number of hydrogen-bond donors (Lipinski definition) is 3. The van der Waals surface area contributed by atoms with Crippen LogP contribution in [0.5, 0.6) is 17.5 Å². The summed E-state index contributed by atoms with van der Waals surface area (Å²) in [5, 5.41) is 22.9. The van der Waals surface area contributed by atoms with Crippen molar-refractivity contribution in [2.24, 2.45) is 0 Å². The van der Waals surface area contributed by atoms with Crippen LogP contribution in [0.2, 0.25) is 0 Å². The average molecular weight is 352 g/mol. The number of hydrogen-bond acceptors (Lipinski definition) is 6. The maximum Gasteiger partial charge on any atom is 0.193 e. The Balaban J connectivity index is 1.96. The van der Waals surface area contributed by atoms with Gasteiger partial charge in [-0.2, -0.15) is 0 Å². The van der Waals surface area contributed by atoms with Crippen LogP contribution in [0.15, 0.2) is 35.2 Å². The standard InChI is InChI=1S/C16H20N2O5S/c1-16(2)13(9-18-14(19)6-7-15(18)20)17-11-8-10(24(3,21)22)4-5-12(11)23-16/h4-8,13,17,19-20H,9H2,1-3H3. The van der Waals surface area contributed by atoms with E-state index in [4.69, 9.17) is 4.74 Å². The highest BCUT2D eigenvalue weighted by atomic mass is 32.2. The molecule has 7 nitrogen and oxygen atoms in total. The van der Waals surface area contributed by atoms with Crippen molar-refractivity contribution in [2.75, 3.05) is 11.6 Å². The predicted octanol–water partition coefficient (Wildman–Crippen LogP) is 1.95. The van der Waals surface area contributed by atoms with Gasteiger partial charge in [-0.25, -0.2) is 8.42 Å². The summed E-state index contributed by atoms with van der Waals surface area (Å²) < 4.78 is 30.8. The third-order valence-electron chi connectivity index (χ3n) is 4.22. The summed E-state index contributed by atoms with van der Waals surface area (Å²) in [6.07, 6.45) is 1.15. The minimum Gasteiger partial charge on any atom is -0.494 e. The van der Waals surface area contributed by atoms with Gasteiger partial charge in [0, 0.05) is 18.4 Å². The Hall–Kier alpha value is -2.35. The van der Waals surface area contributed by atoms with E-state index in [9.17, 15) is 18.6 Å². The van der Waals surface area contributed by atoms with Gasteiger partial charge in [-0.15, -0.1) is 0 Å². The van der Waals surface area contributed by atoms with Crippen LogP contribution < -0.4 is 10.1 Å². The van der Waals surface area contributed by atoms with E-state index in [-0.39, 0.29) is 29.2 Å². The second-order valence-electron chi connectivity index (χ2n) is 6.49. The summed E-state index contributed by atoms with van der Waals surface area (Å²) in [6, 6.07) is 7.17. The van der Waals surface area contributed by atoms with Gasteiger partial charge in [0.25, 0.3) is 0 Å². The van der Waals surface area contributed by atoms with Crippen molar-refractivity contribution >= 4 is 15.5 Å². The fourth-order valence-electron chi connectivity index (χ4n) is 2.74. The van der Waals surface area contributed by atoms with Crippen LogP contribution in [-0.2, 0) is 16.4 Å². The molecule has 0 saturated heterocycles.